The maximum atomic E-state index is 12.7. The van der Waals surface area contributed by atoms with E-state index in [1.165, 1.54) is 5.56 Å². The molecular weight excluding hydrogens is 324 g/mol. The number of hydrogen-bond acceptors (Lipinski definition) is 4. The minimum absolute atomic E-state index is 0.0947. The lowest BCUT2D eigenvalue weighted by molar-refractivity contribution is 0.0759. The van der Waals surface area contributed by atoms with Crippen LogP contribution in [-0.4, -0.2) is 38.8 Å². The van der Waals surface area contributed by atoms with E-state index >= 15 is 0 Å². The predicted octanol–water partition coefficient (Wildman–Crippen LogP) is 3.51. The summed E-state index contributed by atoms with van der Waals surface area (Å²) in [6.45, 7) is 1.63. The quantitative estimate of drug-likeness (QED) is 0.728. The third-order valence-electron chi connectivity index (χ3n) is 5.19. The van der Waals surface area contributed by atoms with E-state index in [0.29, 0.717) is 11.5 Å². The lowest BCUT2D eigenvalue weighted by Gasteiger charge is -2.20. The molecule has 1 amide bonds. The van der Waals surface area contributed by atoms with E-state index in [-0.39, 0.29) is 5.91 Å². The van der Waals surface area contributed by atoms with Crippen molar-refractivity contribution < 1.29 is 4.79 Å². The van der Waals surface area contributed by atoms with Crippen LogP contribution in [0.1, 0.15) is 35.2 Å². The van der Waals surface area contributed by atoms with Gasteiger partial charge in [-0.1, -0.05) is 0 Å². The Labute approximate surface area is 153 Å². The zero-order valence-corrected chi connectivity index (χ0v) is 14.7. The summed E-state index contributed by atoms with van der Waals surface area (Å²) in [5.74, 6) is 0.671. The van der Waals surface area contributed by atoms with E-state index in [2.05, 4.69) is 21.0 Å². The zero-order chi connectivity index (χ0) is 17.8. The summed E-state index contributed by atoms with van der Waals surface area (Å²) in [4.78, 5) is 27.4. The summed E-state index contributed by atoms with van der Waals surface area (Å²) in [6, 6.07) is 7.72. The van der Waals surface area contributed by atoms with Gasteiger partial charge in [0, 0.05) is 49.5 Å². The lowest BCUT2D eigenvalue weighted by Crippen LogP contribution is -2.32. The average molecular weight is 346 g/mol. The molecule has 0 saturated carbocycles. The Balaban J connectivity index is 1.45. The summed E-state index contributed by atoms with van der Waals surface area (Å²) in [7, 11) is 0. The molecule has 0 spiro atoms. The predicted molar refractivity (Wildman–Crippen MR) is 101 cm³/mol. The van der Waals surface area contributed by atoms with Crippen molar-refractivity contribution in [3.05, 3.63) is 66.4 Å². The SMILES string of the molecule is O=C(c1cccnc1)N1CCC[C@H](Cc2ccnc3ccncc23)CC1. The topological polar surface area (TPSA) is 59.0 Å². The standard InChI is InChI=1S/C21H22N4O/c26-21(18-4-1-8-22-14-18)25-11-2-3-16(7-12-25)13-17-5-10-24-20-6-9-23-15-19(17)20/h1,4-6,8-10,14-16H,2-3,7,11-13H2/t16-/m0/s1. The molecule has 5 heteroatoms. The summed E-state index contributed by atoms with van der Waals surface area (Å²) in [6.07, 6.45) is 13.1. The lowest BCUT2D eigenvalue weighted by atomic mass is 9.92. The van der Waals surface area contributed by atoms with E-state index in [4.69, 9.17) is 0 Å². The van der Waals surface area contributed by atoms with Crippen LogP contribution in [0.5, 0.6) is 0 Å². The number of hydrogen-bond donors (Lipinski definition) is 0. The van der Waals surface area contributed by atoms with Crippen LogP contribution < -0.4 is 0 Å². The molecular formula is C21H22N4O. The summed E-state index contributed by atoms with van der Waals surface area (Å²) >= 11 is 0. The van der Waals surface area contributed by atoms with Gasteiger partial charge in [0.15, 0.2) is 0 Å². The van der Waals surface area contributed by atoms with Gasteiger partial charge in [-0.2, -0.15) is 0 Å². The Morgan fingerprint density at radius 2 is 1.96 bits per heavy atom. The third kappa shape index (κ3) is 3.57. The largest absolute Gasteiger partial charge is 0.339 e. The van der Waals surface area contributed by atoms with Crippen LogP contribution in [0.15, 0.2) is 55.2 Å². The number of carbonyl (C=O) groups excluding carboxylic acids is 1. The molecule has 3 aromatic rings. The number of pyridine rings is 3. The summed E-state index contributed by atoms with van der Waals surface area (Å²) < 4.78 is 0. The molecule has 0 aromatic carbocycles. The van der Waals surface area contributed by atoms with Gasteiger partial charge in [-0.15, -0.1) is 0 Å². The van der Waals surface area contributed by atoms with Crippen LogP contribution in [0.2, 0.25) is 0 Å². The van der Waals surface area contributed by atoms with Crippen LogP contribution >= 0.6 is 0 Å². The molecule has 0 bridgehead atoms. The zero-order valence-electron chi connectivity index (χ0n) is 14.7. The van der Waals surface area contributed by atoms with E-state index in [0.717, 1.165) is 49.7 Å². The molecule has 0 unspecified atom stereocenters. The van der Waals surface area contributed by atoms with E-state index in [1.54, 1.807) is 18.6 Å². The molecule has 26 heavy (non-hydrogen) atoms. The molecule has 1 aliphatic rings. The van der Waals surface area contributed by atoms with Crippen molar-refractivity contribution >= 4 is 16.8 Å². The second-order valence-corrected chi connectivity index (χ2v) is 6.90. The van der Waals surface area contributed by atoms with E-state index in [9.17, 15) is 4.79 Å². The van der Waals surface area contributed by atoms with Gasteiger partial charge in [0.05, 0.1) is 11.1 Å². The monoisotopic (exact) mass is 346 g/mol. The van der Waals surface area contributed by atoms with Crippen molar-refractivity contribution in [1.29, 1.82) is 0 Å². The first-order chi connectivity index (χ1) is 12.8. The van der Waals surface area contributed by atoms with Gasteiger partial charge >= 0.3 is 0 Å². The average Bonchev–Trinajstić information content (AvgIpc) is 2.94. The molecule has 1 fully saturated rings. The number of fused-ring (bicyclic) bond motifs is 1. The molecule has 0 radical (unpaired) electrons. The minimum atomic E-state index is 0.0947. The van der Waals surface area contributed by atoms with Crippen molar-refractivity contribution in [2.24, 2.45) is 5.92 Å². The first kappa shape index (κ1) is 16.6. The number of amides is 1. The highest BCUT2D eigenvalue weighted by Gasteiger charge is 2.22. The van der Waals surface area contributed by atoms with Gasteiger partial charge in [0.25, 0.3) is 5.91 Å². The van der Waals surface area contributed by atoms with Crippen molar-refractivity contribution in [1.82, 2.24) is 19.9 Å². The van der Waals surface area contributed by atoms with Crippen molar-refractivity contribution in [2.45, 2.75) is 25.7 Å². The second kappa shape index (κ2) is 7.60. The first-order valence-electron chi connectivity index (χ1n) is 9.18. The van der Waals surface area contributed by atoms with Crippen LogP contribution in [0, 0.1) is 5.92 Å². The Kier molecular flexibility index (Phi) is 4.86. The Morgan fingerprint density at radius 1 is 1.04 bits per heavy atom. The first-order valence-corrected chi connectivity index (χ1v) is 9.18. The third-order valence-corrected chi connectivity index (χ3v) is 5.19. The van der Waals surface area contributed by atoms with Crippen molar-refractivity contribution in [2.75, 3.05) is 13.1 Å². The fourth-order valence-corrected chi connectivity index (χ4v) is 3.78. The molecule has 0 N–H and O–H groups in total. The molecule has 4 rings (SSSR count). The highest BCUT2D eigenvalue weighted by Crippen LogP contribution is 2.25. The minimum Gasteiger partial charge on any atom is -0.339 e. The molecule has 1 saturated heterocycles. The number of rotatable bonds is 3. The molecule has 132 valence electrons. The summed E-state index contributed by atoms with van der Waals surface area (Å²) in [5, 5.41) is 1.14. The van der Waals surface area contributed by atoms with Crippen LogP contribution in [0.3, 0.4) is 0 Å². The van der Waals surface area contributed by atoms with Gasteiger partial charge in [-0.3, -0.25) is 19.7 Å². The molecule has 1 aliphatic heterocycles. The Bertz CT molecular complexity index is 891. The van der Waals surface area contributed by atoms with Crippen LogP contribution in [-0.2, 0) is 6.42 Å². The molecule has 4 heterocycles. The normalized spacial score (nSPS) is 17.8. The maximum absolute atomic E-state index is 12.7. The van der Waals surface area contributed by atoms with Gasteiger partial charge < -0.3 is 4.90 Å². The molecule has 5 nitrogen and oxygen atoms in total. The Hall–Kier alpha value is -2.82. The fraction of sp³-hybridized carbons (Fsp3) is 0.333. The fourth-order valence-electron chi connectivity index (χ4n) is 3.78. The van der Waals surface area contributed by atoms with Gasteiger partial charge in [0.1, 0.15) is 0 Å². The van der Waals surface area contributed by atoms with Crippen LogP contribution in [0.25, 0.3) is 10.9 Å². The molecule has 3 aromatic heterocycles. The van der Waals surface area contributed by atoms with Gasteiger partial charge in [-0.25, -0.2) is 0 Å². The molecule has 0 aliphatic carbocycles. The molecule has 1 atom stereocenters. The second-order valence-electron chi connectivity index (χ2n) is 6.90. The highest BCUT2D eigenvalue weighted by molar-refractivity contribution is 5.93. The number of nitrogens with zero attached hydrogens (tertiary/aromatic N) is 4. The van der Waals surface area contributed by atoms with Gasteiger partial charge in [0.2, 0.25) is 0 Å². The van der Waals surface area contributed by atoms with E-state index < -0.39 is 0 Å². The van der Waals surface area contributed by atoms with E-state index in [1.807, 2.05) is 35.5 Å². The number of likely N-dealkylation sites (tertiary alicyclic amines) is 1. The van der Waals surface area contributed by atoms with Gasteiger partial charge in [-0.05, 0) is 61.4 Å². The smallest absolute Gasteiger partial charge is 0.255 e. The highest BCUT2D eigenvalue weighted by atomic mass is 16.2. The number of carbonyl (C=O) groups is 1. The van der Waals surface area contributed by atoms with Crippen molar-refractivity contribution in [3.63, 3.8) is 0 Å². The Morgan fingerprint density at radius 3 is 2.85 bits per heavy atom. The van der Waals surface area contributed by atoms with Crippen molar-refractivity contribution in [3.8, 4) is 0 Å². The maximum Gasteiger partial charge on any atom is 0.255 e. The number of aromatic nitrogens is 3. The van der Waals surface area contributed by atoms with Crippen LogP contribution in [0.4, 0.5) is 0 Å². The summed E-state index contributed by atoms with van der Waals surface area (Å²) in [5.41, 5.74) is 2.98.